The monoisotopic (exact) mass is 276 g/mol. The average molecular weight is 277 g/mol. The molecular formula is C10H13BrO2S. The van der Waals surface area contributed by atoms with Crippen molar-refractivity contribution < 1.29 is 9.53 Å². The highest BCUT2D eigenvalue weighted by Crippen LogP contribution is 2.29. The van der Waals surface area contributed by atoms with Gasteiger partial charge in [-0.1, -0.05) is 22.5 Å². The maximum absolute atomic E-state index is 10.4. The van der Waals surface area contributed by atoms with E-state index in [0.29, 0.717) is 17.6 Å². The fourth-order valence-corrected chi connectivity index (χ4v) is 2.14. The van der Waals surface area contributed by atoms with Crippen molar-refractivity contribution in [2.24, 2.45) is 0 Å². The van der Waals surface area contributed by atoms with E-state index < -0.39 is 0 Å². The van der Waals surface area contributed by atoms with Gasteiger partial charge in [-0.25, -0.2) is 0 Å². The van der Waals surface area contributed by atoms with Gasteiger partial charge in [0.2, 0.25) is 0 Å². The average Bonchev–Trinajstić information content (AvgIpc) is 2.16. The predicted octanol–water partition coefficient (Wildman–Crippen LogP) is 3.26. The highest BCUT2D eigenvalue weighted by Gasteiger charge is 2.07. The van der Waals surface area contributed by atoms with E-state index in [1.165, 1.54) is 0 Å². The topological polar surface area (TPSA) is 26.3 Å². The van der Waals surface area contributed by atoms with Crippen LogP contribution in [0.2, 0.25) is 0 Å². The van der Waals surface area contributed by atoms with Gasteiger partial charge in [-0.15, -0.1) is 11.8 Å². The number of aldehydes is 1. The Kier molecular flexibility index (Phi) is 6.66. The van der Waals surface area contributed by atoms with Crippen LogP contribution in [0.1, 0.15) is 6.92 Å². The number of carbonyl (C=O) groups is 1. The van der Waals surface area contributed by atoms with Gasteiger partial charge in [0.15, 0.2) is 0 Å². The maximum Gasteiger partial charge on any atom is 0.149 e. The predicted molar refractivity (Wildman–Crippen MR) is 65.4 cm³/mol. The molecule has 0 aromatic rings. The summed E-state index contributed by atoms with van der Waals surface area (Å²) in [4.78, 5) is 11.4. The first-order valence-corrected chi connectivity index (χ1v) is 5.89. The van der Waals surface area contributed by atoms with Gasteiger partial charge in [0.05, 0.1) is 12.0 Å². The van der Waals surface area contributed by atoms with Crippen LogP contribution in [0.25, 0.3) is 0 Å². The largest absolute Gasteiger partial charge is 0.496 e. The summed E-state index contributed by atoms with van der Waals surface area (Å²) in [6.45, 7) is 5.48. The van der Waals surface area contributed by atoms with E-state index in [0.717, 1.165) is 9.39 Å². The molecule has 0 aliphatic carbocycles. The summed E-state index contributed by atoms with van der Waals surface area (Å²) in [7, 11) is 1.57. The first-order valence-electron chi connectivity index (χ1n) is 3.87. The number of carbonyl (C=O) groups excluding carboxylic acids is 1. The zero-order valence-electron chi connectivity index (χ0n) is 8.46. The minimum atomic E-state index is 0.391. The molecule has 0 rings (SSSR count). The van der Waals surface area contributed by atoms with Gasteiger partial charge in [-0.05, 0) is 19.3 Å². The summed E-state index contributed by atoms with van der Waals surface area (Å²) >= 11 is 4.92. The summed E-state index contributed by atoms with van der Waals surface area (Å²) in [6.07, 6.45) is 4.25. The quantitative estimate of drug-likeness (QED) is 0.334. The number of thioether (sulfide) groups is 1. The molecular weight excluding hydrogens is 264 g/mol. The van der Waals surface area contributed by atoms with E-state index in [2.05, 4.69) is 22.5 Å². The smallest absolute Gasteiger partial charge is 0.149 e. The van der Waals surface area contributed by atoms with Gasteiger partial charge in [0, 0.05) is 10.1 Å². The molecule has 0 atom stereocenters. The van der Waals surface area contributed by atoms with E-state index in [1.807, 2.05) is 13.2 Å². The van der Waals surface area contributed by atoms with Crippen LogP contribution in [0.5, 0.6) is 0 Å². The highest BCUT2D eigenvalue weighted by molar-refractivity contribution is 9.11. The molecule has 0 bridgehead atoms. The first kappa shape index (κ1) is 13.5. The van der Waals surface area contributed by atoms with Crippen LogP contribution in [0.15, 0.2) is 33.4 Å². The Morgan fingerprint density at radius 1 is 1.57 bits per heavy atom. The number of allylic oxidation sites excluding steroid dienone is 3. The van der Waals surface area contributed by atoms with E-state index in [-0.39, 0.29) is 0 Å². The van der Waals surface area contributed by atoms with Crippen LogP contribution in [-0.2, 0) is 9.53 Å². The summed E-state index contributed by atoms with van der Waals surface area (Å²) in [6, 6.07) is 0. The number of rotatable bonds is 5. The molecule has 2 nitrogen and oxygen atoms in total. The molecule has 0 unspecified atom stereocenters. The number of ether oxygens (including phenoxy) is 1. The Bertz CT molecular complexity index is 288. The molecule has 0 heterocycles. The Morgan fingerprint density at radius 3 is 2.43 bits per heavy atom. The molecule has 0 spiro atoms. The molecule has 0 aromatic carbocycles. The second-order valence-corrected chi connectivity index (χ2v) is 4.48. The normalized spacial score (nSPS) is 13.3. The zero-order valence-corrected chi connectivity index (χ0v) is 10.9. The van der Waals surface area contributed by atoms with Crippen molar-refractivity contribution >= 4 is 34.0 Å². The second kappa shape index (κ2) is 6.90. The lowest BCUT2D eigenvalue weighted by Crippen LogP contribution is -1.92. The second-order valence-electron chi connectivity index (χ2n) is 2.47. The summed E-state index contributed by atoms with van der Waals surface area (Å²) in [5, 5.41) is 0. The number of halogens is 1. The summed E-state index contributed by atoms with van der Waals surface area (Å²) < 4.78 is 6.14. The van der Waals surface area contributed by atoms with E-state index in [1.54, 1.807) is 24.9 Å². The van der Waals surface area contributed by atoms with Crippen molar-refractivity contribution in [1.29, 1.82) is 0 Å². The third-order valence-electron chi connectivity index (χ3n) is 1.43. The Labute approximate surface area is 97.2 Å². The van der Waals surface area contributed by atoms with Gasteiger partial charge in [-0.2, -0.15) is 0 Å². The van der Waals surface area contributed by atoms with Gasteiger partial charge < -0.3 is 4.74 Å². The van der Waals surface area contributed by atoms with Crippen LogP contribution in [0.4, 0.5) is 0 Å². The summed E-state index contributed by atoms with van der Waals surface area (Å²) in [5.74, 6) is 0.643. The maximum atomic E-state index is 10.4. The molecule has 0 saturated heterocycles. The van der Waals surface area contributed by atoms with Gasteiger partial charge >= 0.3 is 0 Å². The molecule has 0 aliphatic rings. The van der Waals surface area contributed by atoms with Crippen molar-refractivity contribution in [3.63, 3.8) is 0 Å². The SMILES string of the molecule is C=C(C=O)/C=C(OC)\C(SC)=C(/C)Br. The molecule has 0 aliphatic heterocycles. The molecule has 0 fully saturated rings. The van der Waals surface area contributed by atoms with Crippen molar-refractivity contribution in [2.75, 3.05) is 13.4 Å². The first-order chi connectivity index (χ1) is 6.56. The van der Waals surface area contributed by atoms with Crippen LogP contribution in [0.3, 0.4) is 0 Å². The molecule has 4 heteroatoms. The van der Waals surface area contributed by atoms with Crippen LogP contribution < -0.4 is 0 Å². The molecule has 0 saturated carbocycles. The number of methoxy groups -OCH3 is 1. The lowest BCUT2D eigenvalue weighted by Gasteiger charge is -2.09. The summed E-state index contributed by atoms with van der Waals surface area (Å²) in [5.41, 5.74) is 0.391. The lowest BCUT2D eigenvalue weighted by molar-refractivity contribution is -0.104. The van der Waals surface area contributed by atoms with Crippen molar-refractivity contribution in [1.82, 2.24) is 0 Å². The molecule has 0 aromatic heterocycles. The zero-order chi connectivity index (χ0) is 11.1. The molecule has 14 heavy (non-hydrogen) atoms. The lowest BCUT2D eigenvalue weighted by atomic mass is 10.2. The molecule has 78 valence electrons. The van der Waals surface area contributed by atoms with E-state index in [4.69, 9.17) is 4.74 Å². The van der Waals surface area contributed by atoms with E-state index >= 15 is 0 Å². The van der Waals surface area contributed by atoms with Crippen LogP contribution in [-0.4, -0.2) is 19.7 Å². The van der Waals surface area contributed by atoms with Crippen LogP contribution >= 0.6 is 27.7 Å². The number of hydrogen-bond donors (Lipinski definition) is 0. The fourth-order valence-electron chi connectivity index (χ4n) is 0.831. The van der Waals surface area contributed by atoms with Gasteiger partial charge in [0.25, 0.3) is 0 Å². The Morgan fingerprint density at radius 2 is 2.14 bits per heavy atom. The Balaban J connectivity index is 5.07. The molecule has 0 amide bonds. The van der Waals surface area contributed by atoms with Gasteiger partial charge in [0.1, 0.15) is 12.0 Å². The van der Waals surface area contributed by atoms with Gasteiger partial charge in [-0.3, -0.25) is 4.79 Å². The number of hydrogen-bond acceptors (Lipinski definition) is 3. The standard InChI is InChI=1S/C10H13BrO2S/c1-7(6-12)5-9(13-3)10(14-4)8(2)11/h5-6H,1H2,2-4H3/b9-5+,10-8-. The Hall–Kier alpha value is -0.480. The van der Waals surface area contributed by atoms with Crippen molar-refractivity contribution in [2.45, 2.75) is 6.92 Å². The van der Waals surface area contributed by atoms with E-state index in [9.17, 15) is 4.79 Å². The van der Waals surface area contributed by atoms with Crippen LogP contribution in [0, 0.1) is 0 Å². The minimum Gasteiger partial charge on any atom is -0.496 e. The van der Waals surface area contributed by atoms with Crippen molar-refractivity contribution in [3.8, 4) is 0 Å². The highest BCUT2D eigenvalue weighted by atomic mass is 79.9. The molecule has 0 radical (unpaired) electrons. The minimum absolute atomic E-state index is 0.391. The fraction of sp³-hybridized carbons (Fsp3) is 0.300. The molecule has 0 N–H and O–H groups in total. The van der Waals surface area contributed by atoms with Crippen molar-refractivity contribution in [3.05, 3.63) is 33.4 Å². The third kappa shape index (κ3) is 4.15. The third-order valence-corrected chi connectivity index (χ3v) is 3.00.